The van der Waals surface area contributed by atoms with Gasteiger partial charge in [0.25, 0.3) is 5.91 Å². The van der Waals surface area contributed by atoms with Gasteiger partial charge in [-0.2, -0.15) is 5.26 Å². The number of carbonyl (C=O) groups excluding carboxylic acids is 1. The number of nitro benzene ring substituents is 1. The lowest BCUT2D eigenvalue weighted by molar-refractivity contribution is -0.386. The zero-order valence-electron chi connectivity index (χ0n) is 12.1. The Balaban J connectivity index is 2.90. The van der Waals surface area contributed by atoms with Gasteiger partial charge in [-0.05, 0) is 32.4 Å². The fourth-order valence-electron chi connectivity index (χ4n) is 1.54. The summed E-state index contributed by atoms with van der Waals surface area (Å²) in [5.41, 5.74) is -0.178. The van der Waals surface area contributed by atoms with Gasteiger partial charge in [0.05, 0.1) is 16.6 Å². The average molecular weight is 291 g/mol. The van der Waals surface area contributed by atoms with Gasteiger partial charge in [0.2, 0.25) is 0 Å². The molecular weight excluding hydrogens is 274 g/mol. The summed E-state index contributed by atoms with van der Waals surface area (Å²) in [5.74, 6) is -0.381. The van der Waals surface area contributed by atoms with Crippen molar-refractivity contribution in [1.29, 1.82) is 5.26 Å². The van der Waals surface area contributed by atoms with Crippen molar-refractivity contribution in [3.63, 3.8) is 0 Å². The van der Waals surface area contributed by atoms with Crippen molar-refractivity contribution >= 4 is 11.6 Å². The van der Waals surface area contributed by atoms with Gasteiger partial charge in [0, 0.05) is 12.1 Å². The Kier molecular flexibility index (Phi) is 5.67. The number of hydrogen-bond donors (Lipinski definition) is 1. The lowest BCUT2D eigenvalue weighted by Crippen LogP contribution is -2.41. The third kappa shape index (κ3) is 4.45. The highest BCUT2D eigenvalue weighted by Crippen LogP contribution is 2.28. The third-order valence-electron chi connectivity index (χ3n) is 2.96. The fraction of sp³-hybridized carbons (Fsp3) is 0.429. The van der Waals surface area contributed by atoms with E-state index >= 15 is 0 Å². The van der Waals surface area contributed by atoms with Crippen LogP contribution in [0.2, 0.25) is 0 Å². The number of nitrogens with zero attached hydrogens (tertiary/aromatic N) is 2. The van der Waals surface area contributed by atoms with Gasteiger partial charge >= 0.3 is 5.69 Å². The Morgan fingerprint density at radius 1 is 1.52 bits per heavy atom. The molecule has 0 fully saturated rings. The van der Waals surface area contributed by atoms with Gasteiger partial charge in [-0.1, -0.05) is 6.92 Å². The molecule has 0 radical (unpaired) electrons. The van der Waals surface area contributed by atoms with Gasteiger partial charge in [0.15, 0.2) is 11.9 Å². The summed E-state index contributed by atoms with van der Waals surface area (Å²) in [7, 11) is 0. The summed E-state index contributed by atoms with van der Waals surface area (Å²) in [6.45, 7) is 5.30. The van der Waals surface area contributed by atoms with Crippen molar-refractivity contribution in [3.05, 3.63) is 33.9 Å². The quantitative estimate of drug-likeness (QED) is 0.638. The molecule has 21 heavy (non-hydrogen) atoms. The number of nitro groups is 1. The molecular formula is C14H17N3O4. The van der Waals surface area contributed by atoms with Crippen LogP contribution in [0.4, 0.5) is 5.69 Å². The highest BCUT2D eigenvalue weighted by Gasteiger charge is 2.22. The molecule has 2 atom stereocenters. The van der Waals surface area contributed by atoms with E-state index < -0.39 is 11.0 Å². The van der Waals surface area contributed by atoms with Crippen molar-refractivity contribution in [1.82, 2.24) is 5.32 Å². The van der Waals surface area contributed by atoms with E-state index in [9.17, 15) is 14.9 Å². The van der Waals surface area contributed by atoms with Gasteiger partial charge in [-0.3, -0.25) is 14.9 Å². The second-order valence-electron chi connectivity index (χ2n) is 4.63. The minimum absolute atomic E-state index is 0.000462. The molecule has 112 valence electrons. The molecule has 1 aromatic rings. The number of rotatable bonds is 6. The summed E-state index contributed by atoms with van der Waals surface area (Å²) in [5, 5.41) is 22.5. The van der Waals surface area contributed by atoms with Crippen LogP contribution in [0.1, 0.15) is 32.8 Å². The second-order valence-corrected chi connectivity index (χ2v) is 4.63. The Morgan fingerprint density at radius 2 is 2.19 bits per heavy atom. The Morgan fingerprint density at radius 3 is 2.71 bits per heavy atom. The fourth-order valence-corrected chi connectivity index (χ4v) is 1.54. The zero-order valence-corrected chi connectivity index (χ0v) is 12.1. The maximum absolute atomic E-state index is 11.9. The Hall–Kier alpha value is -2.62. The highest BCUT2D eigenvalue weighted by molar-refractivity contribution is 5.81. The van der Waals surface area contributed by atoms with Crippen molar-refractivity contribution in [2.45, 2.75) is 39.3 Å². The molecule has 0 aliphatic rings. The number of hydrogen-bond acceptors (Lipinski definition) is 5. The number of nitrogens with one attached hydrogen (secondary N) is 1. The van der Waals surface area contributed by atoms with Crippen molar-refractivity contribution < 1.29 is 14.5 Å². The molecule has 0 spiro atoms. The zero-order chi connectivity index (χ0) is 16.0. The number of benzene rings is 1. The summed E-state index contributed by atoms with van der Waals surface area (Å²) >= 11 is 0. The van der Waals surface area contributed by atoms with E-state index in [1.54, 1.807) is 0 Å². The van der Waals surface area contributed by atoms with Gasteiger partial charge in [-0.25, -0.2) is 0 Å². The number of ether oxygens (including phenoxy) is 1. The molecule has 7 nitrogen and oxygen atoms in total. The molecule has 0 aliphatic carbocycles. The first-order chi connectivity index (χ1) is 9.88. The largest absolute Gasteiger partial charge is 0.474 e. The smallest absolute Gasteiger partial charge is 0.312 e. The summed E-state index contributed by atoms with van der Waals surface area (Å²) < 4.78 is 5.35. The molecule has 0 aromatic heterocycles. The van der Waals surface area contributed by atoms with E-state index in [0.717, 1.165) is 12.5 Å². The van der Waals surface area contributed by atoms with Crippen LogP contribution >= 0.6 is 0 Å². The van der Waals surface area contributed by atoms with Crippen LogP contribution in [-0.4, -0.2) is 23.0 Å². The molecule has 0 heterocycles. The molecule has 1 rings (SSSR count). The van der Waals surface area contributed by atoms with Gasteiger partial charge < -0.3 is 10.1 Å². The molecule has 7 heteroatoms. The molecule has 1 amide bonds. The second kappa shape index (κ2) is 7.24. The first-order valence-electron chi connectivity index (χ1n) is 6.54. The summed E-state index contributed by atoms with van der Waals surface area (Å²) in [6, 6.07) is 5.67. The molecule has 0 saturated carbocycles. The minimum Gasteiger partial charge on any atom is -0.474 e. The van der Waals surface area contributed by atoms with Crippen LogP contribution in [0.25, 0.3) is 0 Å². The van der Waals surface area contributed by atoms with E-state index in [4.69, 9.17) is 10.00 Å². The topological polar surface area (TPSA) is 105 Å². The predicted molar refractivity (Wildman–Crippen MR) is 75.8 cm³/mol. The van der Waals surface area contributed by atoms with Gasteiger partial charge in [0.1, 0.15) is 0 Å². The molecule has 0 saturated heterocycles. The maximum Gasteiger partial charge on any atom is 0.312 e. The summed E-state index contributed by atoms with van der Waals surface area (Å²) in [6.07, 6.45) is -0.0965. The van der Waals surface area contributed by atoms with E-state index in [1.165, 1.54) is 19.1 Å². The van der Waals surface area contributed by atoms with Crippen molar-refractivity contribution in [2.24, 2.45) is 0 Å². The number of carbonyl (C=O) groups is 1. The standard InChI is InChI=1S/C14H17N3O4/c1-4-9(2)16-14(18)10(3)21-13-6-5-11(8-15)7-12(13)17(19)20/h5-7,9-10H,4H2,1-3H3,(H,16,18). The number of amides is 1. The van der Waals surface area contributed by atoms with Gasteiger partial charge in [-0.15, -0.1) is 0 Å². The van der Waals surface area contributed by atoms with Crippen LogP contribution in [-0.2, 0) is 4.79 Å². The Bertz CT molecular complexity index is 580. The first kappa shape index (κ1) is 16.4. The van der Waals surface area contributed by atoms with Crippen molar-refractivity contribution in [3.8, 4) is 11.8 Å². The van der Waals surface area contributed by atoms with Crippen LogP contribution in [0, 0.1) is 21.4 Å². The first-order valence-corrected chi connectivity index (χ1v) is 6.54. The van der Waals surface area contributed by atoms with Crippen LogP contribution in [0.5, 0.6) is 5.75 Å². The summed E-state index contributed by atoms with van der Waals surface area (Å²) in [4.78, 5) is 22.2. The van der Waals surface area contributed by atoms with E-state index in [1.807, 2.05) is 19.9 Å². The normalized spacial score (nSPS) is 12.9. The molecule has 0 bridgehead atoms. The molecule has 1 N–H and O–H groups in total. The highest BCUT2D eigenvalue weighted by atomic mass is 16.6. The van der Waals surface area contributed by atoms with E-state index in [2.05, 4.69) is 5.32 Å². The van der Waals surface area contributed by atoms with Crippen LogP contribution in [0.15, 0.2) is 18.2 Å². The average Bonchev–Trinajstić information content (AvgIpc) is 2.46. The lowest BCUT2D eigenvalue weighted by atomic mass is 10.2. The van der Waals surface area contributed by atoms with Crippen LogP contribution in [0.3, 0.4) is 0 Å². The Labute approximate surface area is 122 Å². The predicted octanol–water partition coefficient (Wildman–Crippen LogP) is 2.15. The van der Waals surface area contributed by atoms with E-state index in [-0.39, 0.29) is 28.9 Å². The minimum atomic E-state index is -0.870. The number of nitriles is 1. The maximum atomic E-state index is 11.9. The van der Waals surface area contributed by atoms with Crippen molar-refractivity contribution in [2.75, 3.05) is 0 Å². The third-order valence-corrected chi connectivity index (χ3v) is 2.96. The molecule has 2 unspecified atom stereocenters. The lowest BCUT2D eigenvalue weighted by Gasteiger charge is -2.17. The molecule has 0 aliphatic heterocycles. The SMILES string of the molecule is CCC(C)NC(=O)C(C)Oc1ccc(C#N)cc1[N+](=O)[O-]. The van der Waals surface area contributed by atoms with E-state index in [0.29, 0.717) is 0 Å². The van der Waals surface area contributed by atoms with Crippen LogP contribution < -0.4 is 10.1 Å². The monoisotopic (exact) mass is 291 g/mol. The molecule has 1 aromatic carbocycles.